The van der Waals surface area contributed by atoms with Crippen LogP contribution < -0.4 is 9.80 Å². The largest absolute Gasteiger partial charge is 0.368 e. The molecule has 5 rings (SSSR count). The minimum atomic E-state index is 0.123. The molecule has 0 spiro atoms. The highest BCUT2D eigenvalue weighted by Gasteiger charge is 2.28. The summed E-state index contributed by atoms with van der Waals surface area (Å²) in [6.45, 7) is 9.16. The van der Waals surface area contributed by atoms with Crippen LogP contribution in [0.1, 0.15) is 15.2 Å². The second-order valence-corrected chi connectivity index (χ2v) is 9.34. The number of nitrogens with zero attached hydrogens (tertiary/aromatic N) is 6. The van der Waals surface area contributed by atoms with E-state index >= 15 is 0 Å². The molecule has 0 aliphatic carbocycles. The van der Waals surface area contributed by atoms with E-state index in [0.29, 0.717) is 0 Å². The van der Waals surface area contributed by atoms with Crippen molar-refractivity contribution in [3.8, 4) is 0 Å². The number of anilines is 2. The van der Waals surface area contributed by atoms with Crippen LogP contribution >= 0.6 is 11.3 Å². The smallest absolute Gasteiger partial charge is 0.264 e. The number of fused-ring (bicyclic) bond motifs is 1. The van der Waals surface area contributed by atoms with Crippen LogP contribution in [-0.2, 0) is 0 Å². The molecule has 0 saturated carbocycles. The second kappa shape index (κ2) is 8.43. The van der Waals surface area contributed by atoms with Gasteiger partial charge in [0.2, 0.25) is 0 Å². The number of piperazine rings is 2. The summed E-state index contributed by atoms with van der Waals surface area (Å²) in [5.41, 5.74) is 2.24. The summed E-state index contributed by atoms with van der Waals surface area (Å²) in [7, 11) is 2.15. The summed E-state index contributed by atoms with van der Waals surface area (Å²) in [5, 5.41) is 1.04. The van der Waals surface area contributed by atoms with Gasteiger partial charge in [-0.05, 0) is 31.7 Å². The molecule has 0 unspecified atom stereocenters. The quantitative estimate of drug-likeness (QED) is 0.629. The van der Waals surface area contributed by atoms with E-state index in [1.807, 2.05) is 11.0 Å². The van der Waals surface area contributed by atoms with E-state index in [-0.39, 0.29) is 5.91 Å². The lowest BCUT2D eigenvalue weighted by molar-refractivity contribution is 0.0751. The highest BCUT2D eigenvalue weighted by Crippen LogP contribution is 2.36. The van der Waals surface area contributed by atoms with Gasteiger partial charge in [0.15, 0.2) is 0 Å². The third kappa shape index (κ3) is 3.85. The number of hydrogen-bond acceptors (Lipinski definition) is 7. The number of para-hydroxylation sites is 1. The molecule has 162 valence electrons. The molecule has 1 aromatic carbocycles. The van der Waals surface area contributed by atoms with Crippen LogP contribution in [0.25, 0.3) is 10.2 Å². The summed E-state index contributed by atoms with van der Waals surface area (Å²) >= 11 is 1.51. The normalized spacial score (nSPS) is 18.1. The first kappa shape index (κ1) is 20.2. The molecule has 31 heavy (non-hydrogen) atoms. The lowest BCUT2D eigenvalue weighted by atomic mass is 10.1. The Morgan fingerprint density at radius 3 is 2.29 bits per heavy atom. The number of carbonyl (C=O) groups excluding carboxylic acids is 1. The lowest BCUT2D eigenvalue weighted by Crippen LogP contribution is -2.48. The summed E-state index contributed by atoms with van der Waals surface area (Å²) < 4.78 is 0. The third-order valence-electron chi connectivity index (χ3n) is 6.39. The van der Waals surface area contributed by atoms with Crippen molar-refractivity contribution in [1.29, 1.82) is 0 Å². The highest BCUT2D eigenvalue weighted by molar-refractivity contribution is 7.20. The maximum Gasteiger partial charge on any atom is 0.264 e. The van der Waals surface area contributed by atoms with Crippen molar-refractivity contribution in [2.24, 2.45) is 0 Å². The molecule has 0 atom stereocenters. The SMILES string of the molecule is Cc1c(C(=O)N2CCN(c3ccccc3)CC2)sc2ncnc(N3CCN(C)CC3)c12. The van der Waals surface area contributed by atoms with Gasteiger partial charge in [-0.15, -0.1) is 11.3 Å². The fraction of sp³-hybridized carbons (Fsp3) is 0.435. The van der Waals surface area contributed by atoms with Crippen LogP contribution in [0.5, 0.6) is 0 Å². The molecule has 0 bridgehead atoms. The summed E-state index contributed by atoms with van der Waals surface area (Å²) in [6.07, 6.45) is 1.64. The summed E-state index contributed by atoms with van der Waals surface area (Å²) in [5.74, 6) is 1.09. The molecule has 2 saturated heterocycles. The van der Waals surface area contributed by atoms with Gasteiger partial charge in [0.25, 0.3) is 5.91 Å². The van der Waals surface area contributed by atoms with E-state index in [1.165, 1.54) is 17.0 Å². The molecule has 2 aliphatic rings. The van der Waals surface area contributed by atoms with E-state index in [2.05, 4.69) is 62.9 Å². The number of thiophene rings is 1. The molecule has 2 aliphatic heterocycles. The number of aromatic nitrogens is 2. The Balaban J connectivity index is 1.36. The molecule has 1 amide bonds. The minimum Gasteiger partial charge on any atom is -0.368 e. The van der Waals surface area contributed by atoms with Gasteiger partial charge in [-0.25, -0.2) is 9.97 Å². The average molecular weight is 437 g/mol. The maximum absolute atomic E-state index is 13.4. The number of hydrogen-bond donors (Lipinski definition) is 0. The zero-order valence-electron chi connectivity index (χ0n) is 18.1. The fourth-order valence-electron chi connectivity index (χ4n) is 4.47. The van der Waals surface area contributed by atoms with Gasteiger partial charge in [-0.3, -0.25) is 4.79 Å². The van der Waals surface area contributed by atoms with Crippen molar-refractivity contribution in [3.63, 3.8) is 0 Å². The van der Waals surface area contributed by atoms with Gasteiger partial charge in [0, 0.05) is 58.0 Å². The number of benzene rings is 1. The van der Waals surface area contributed by atoms with E-state index in [1.54, 1.807) is 6.33 Å². The zero-order chi connectivity index (χ0) is 21.4. The van der Waals surface area contributed by atoms with E-state index in [0.717, 1.165) is 78.8 Å². The number of likely N-dealkylation sites (N-methyl/N-ethyl adjacent to an activating group) is 1. The molecule has 4 heterocycles. The van der Waals surface area contributed by atoms with E-state index in [9.17, 15) is 4.79 Å². The van der Waals surface area contributed by atoms with Crippen molar-refractivity contribution < 1.29 is 4.79 Å². The van der Waals surface area contributed by atoms with Gasteiger partial charge >= 0.3 is 0 Å². The number of aryl methyl sites for hydroxylation is 1. The fourth-order valence-corrected chi connectivity index (χ4v) is 5.58. The van der Waals surface area contributed by atoms with Crippen LogP contribution in [0.2, 0.25) is 0 Å². The molecule has 3 aromatic rings. The number of amides is 1. The van der Waals surface area contributed by atoms with Crippen molar-refractivity contribution in [2.75, 3.05) is 69.2 Å². The van der Waals surface area contributed by atoms with Crippen molar-refractivity contribution in [3.05, 3.63) is 47.1 Å². The van der Waals surface area contributed by atoms with Gasteiger partial charge in [-0.1, -0.05) is 18.2 Å². The van der Waals surface area contributed by atoms with Crippen LogP contribution in [0, 0.1) is 6.92 Å². The van der Waals surface area contributed by atoms with Crippen molar-refractivity contribution in [1.82, 2.24) is 19.8 Å². The Morgan fingerprint density at radius 2 is 1.58 bits per heavy atom. The standard InChI is InChI=1S/C23H28N6OS/c1-17-19-21(28-10-8-26(2)9-11-28)24-16-25-22(19)31-20(17)23(30)29-14-12-27(13-15-29)18-6-4-3-5-7-18/h3-7,16H,8-15H2,1-2H3. The van der Waals surface area contributed by atoms with E-state index in [4.69, 9.17) is 0 Å². The Labute approximate surface area is 186 Å². The topological polar surface area (TPSA) is 55.8 Å². The lowest BCUT2D eigenvalue weighted by Gasteiger charge is -2.36. The monoisotopic (exact) mass is 436 g/mol. The molecule has 0 N–H and O–H groups in total. The van der Waals surface area contributed by atoms with Crippen molar-refractivity contribution in [2.45, 2.75) is 6.92 Å². The first-order valence-corrected chi connectivity index (χ1v) is 11.7. The number of carbonyl (C=O) groups is 1. The molecule has 7 nitrogen and oxygen atoms in total. The van der Waals surface area contributed by atoms with Gasteiger partial charge in [0.1, 0.15) is 17.0 Å². The first-order chi connectivity index (χ1) is 15.1. The van der Waals surface area contributed by atoms with Gasteiger partial charge < -0.3 is 19.6 Å². The van der Waals surface area contributed by atoms with Crippen LogP contribution in [0.3, 0.4) is 0 Å². The van der Waals surface area contributed by atoms with Crippen molar-refractivity contribution >= 4 is 39.0 Å². The Morgan fingerprint density at radius 1 is 0.903 bits per heavy atom. The zero-order valence-corrected chi connectivity index (χ0v) is 18.9. The Kier molecular flexibility index (Phi) is 5.50. The maximum atomic E-state index is 13.4. The van der Waals surface area contributed by atoms with Gasteiger partial charge in [0.05, 0.1) is 10.3 Å². The number of rotatable bonds is 3. The first-order valence-electron chi connectivity index (χ1n) is 10.9. The Bertz CT molecular complexity index is 1070. The molecular formula is C23H28N6OS. The molecule has 0 radical (unpaired) electrons. The summed E-state index contributed by atoms with van der Waals surface area (Å²) in [4.78, 5) is 33.2. The van der Waals surface area contributed by atoms with Gasteiger partial charge in [-0.2, -0.15) is 0 Å². The predicted molar refractivity (Wildman–Crippen MR) is 126 cm³/mol. The van der Waals surface area contributed by atoms with Crippen LogP contribution in [0.15, 0.2) is 36.7 Å². The summed E-state index contributed by atoms with van der Waals surface area (Å²) in [6, 6.07) is 10.4. The minimum absolute atomic E-state index is 0.123. The van der Waals surface area contributed by atoms with Crippen LogP contribution in [0.4, 0.5) is 11.5 Å². The molecular weight excluding hydrogens is 408 g/mol. The third-order valence-corrected chi connectivity index (χ3v) is 7.58. The van der Waals surface area contributed by atoms with Crippen LogP contribution in [-0.4, -0.2) is 85.1 Å². The predicted octanol–water partition coefficient (Wildman–Crippen LogP) is 2.71. The average Bonchev–Trinajstić information content (AvgIpc) is 3.16. The molecule has 8 heteroatoms. The van der Waals surface area contributed by atoms with E-state index < -0.39 is 0 Å². The second-order valence-electron chi connectivity index (χ2n) is 8.34. The molecule has 2 aromatic heterocycles. The highest BCUT2D eigenvalue weighted by atomic mass is 32.1. The molecule has 2 fully saturated rings. The Hall–Kier alpha value is -2.71.